The van der Waals surface area contributed by atoms with Gasteiger partial charge in [-0.1, -0.05) is 72.8 Å². The van der Waals surface area contributed by atoms with Gasteiger partial charge in [-0.3, -0.25) is 14.7 Å². The van der Waals surface area contributed by atoms with Crippen LogP contribution in [-0.4, -0.2) is 37.7 Å². The number of imidazole rings is 1. The van der Waals surface area contributed by atoms with Crippen LogP contribution in [0.15, 0.2) is 102 Å². The summed E-state index contributed by atoms with van der Waals surface area (Å²) in [6.45, 7) is 0. The lowest BCUT2D eigenvalue weighted by atomic mass is 9.76. The van der Waals surface area contributed by atoms with Crippen molar-refractivity contribution in [1.82, 2.24) is 24.8 Å². The molecule has 9 heteroatoms. The van der Waals surface area contributed by atoms with E-state index in [9.17, 15) is 14.7 Å². The molecule has 2 aromatic heterocycles. The maximum atomic E-state index is 12.8. The van der Waals surface area contributed by atoms with Gasteiger partial charge >= 0.3 is 5.97 Å². The number of carboxylic acid groups (broad SMARTS) is 1. The van der Waals surface area contributed by atoms with Crippen molar-refractivity contribution in [2.45, 2.75) is 11.7 Å². The lowest BCUT2D eigenvalue weighted by Gasteiger charge is -2.39. The van der Waals surface area contributed by atoms with Crippen LogP contribution in [0, 0.1) is 0 Å². The molecule has 5 aromatic rings. The maximum absolute atomic E-state index is 12.8. The van der Waals surface area contributed by atoms with Gasteiger partial charge < -0.3 is 14.8 Å². The lowest BCUT2D eigenvalue weighted by Crippen LogP contribution is -2.50. The number of benzene rings is 3. The van der Waals surface area contributed by atoms with E-state index in [0.29, 0.717) is 5.75 Å². The summed E-state index contributed by atoms with van der Waals surface area (Å²) in [6.07, 6.45) is 1.21. The molecule has 180 valence electrons. The number of methoxy groups -OCH3 is 1. The van der Waals surface area contributed by atoms with Crippen LogP contribution >= 0.6 is 0 Å². The largest absolute Gasteiger partial charge is 0.497 e. The van der Waals surface area contributed by atoms with E-state index in [1.165, 1.54) is 17.2 Å². The third-order valence-electron chi connectivity index (χ3n) is 6.17. The second-order valence-corrected chi connectivity index (χ2v) is 8.15. The van der Waals surface area contributed by atoms with Crippen molar-refractivity contribution < 1.29 is 14.6 Å². The van der Waals surface area contributed by atoms with Crippen molar-refractivity contribution in [3.63, 3.8) is 0 Å². The van der Waals surface area contributed by atoms with E-state index < -0.39 is 23.2 Å². The number of hydrogen-bond acceptors (Lipinski definition) is 6. The van der Waals surface area contributed by atoms with Crippen molar-refractivity contribution in [1.29, 1.82) is 0 Å². The Morgan fingerprint density at radius 3 is 2.08 bits per heavy atom. The number of nitrogens with one attached hydrogen (secondary N) is 2. The zero-order valence-corrected chi connectivity index (χ0v) is 19.3. The molecule has 0 saturated carbocycles. The highest BCUT2D eigenvalue weighted by Gasteiger charge is 2.41. The fourth-order valence-corrected chi connectivity index (χ4v) is 4.47. The van der Waals surface area contributed by atoms with E-state index >= 15 is 0 Å². The Morgan fingerprint density at radius 1 is 0.944 bits per heavy atom. The molecule has 1 unspecified atom stereocenters. The Balaban J connectivity index is 1.78. The van der Waals surface area contributed by atoms with Crippen LogP contribution in [0.4, 0.5) is 0 Å². The number of ether oxygens (including phenoxy) is 1. The predicted molar refractivity (Wildman–Crippen MR) is 134 cm³/mol. The van der Waals surface area contributed by atoms with Crippen LogP contribution in [0.3, 0.4) is 0 Å². The fraction of sp³-hybridized carbons (Fsp3) is 0.111. The molecule has 3 aromatic carbocycles. The van der Waals surface area contributed by atoms with Gasteiger partial charge in [0, 0.05) is 0 Å². The molecule has 3 N–H and O–H groups in total. The van der Waals surface area contributed by atoms with Gasteiger partial charge in [0.05, 0.1) is 25.3 Å². The first-order valence-corrected chi connectivity index (χ1v) is 11.2. The van der Waals surface area contributed by atoms with Gasteiger partial charge in [0.2, 0.25) is 0 Å². The van der Waals surface area contributed by atoms with Gasteiger partial charge in [-0.15, -0.1) is 0 Å². The molecule has 0 spiro atoms. The van der Waals surface area contributed by atoms with E-state index in [1.54, 1.807) is 7.11 Å². The summed E-state index contributed by atoms with van der Waals surface area (Å²) >= 11 is 0. The highest BCUT2D eigenvalue weighted by atomic mass is 16.5. The summed E-state index contributed by atoms with van der Waals surface area (Å²) in [4.78, 5) is 35.8. The molecular formula is C27H23N5O4. The third kappa shape index (κ3) is 3.91. The Hall–Kier alpha value is -4.76. The Kier molecular flexibility index (Phi) is 6.05. The van der Waals surface area contributed by atoms with Crippen molar-refractivity contribution in [2.24, 2.45) is 0 Å². The van der Waals surface area contributed by atoms with E-state index in [2.05, 4.69) is 20.3 Å². The molecule has 0 saturated heterocycles. The van der Waals surface area contributed by atoms with Gasteiger partial charge in [0.15, 0.2) is 17.3 Å². The Morgan fingerprint density at radius 2 is 1.53 bits per heavy atom. The normalized spacial score (nSPS) is 12.4. The monoisotopic (exact) mass is 481 g/mol. The van der Waals surface area contributed by atoms with Gasteiger partial charge in [-0.05, 0) is 28.8 Å². The van der Waals surface area contributed by atoms with Crippen LogP contribution in [-0.2, 0) is 10.3 Å². The average molecular weight is 482 g/mol. The maximum Gasteiger partial charge on any atom is 0.342 e. The van der Waals surface area contributed by atoms with E-state index in [1.807, 2.05) is 84.9 Å². The smallest absolute Gasteiger partial charge is 0.342 e. The number of aromatic nitrogens is 4. The zero-order valence-electron chi connectivity index (χ0n) is 19.3. The highest BCUT2D eigenvalue weighted by molar-refractivity contribution is 5.76. The summed E-state index contributed by atoms with van der Waals surface area (Å²) in [7, 11) is 1.59. The van der Waals surface area contributed by atoms with Gasteiger partial charge in [-0.25, -0.2) is 14.8 Å². The van der Waals surface area contributed by atoms with Crippen molar-refractivity contribution in [3.8, 4) is 5.75 Å². The molecule has 0 aliphatic rings. The van der Waals surface area contributed by atoms with Crippen LogP contribution in [0.25, 0.3) is 11.2 Å². The summed E-state index contributed by atoms with van der Waals surface area (Å²) < 4.78 is 6.72. The van der Waals surface area contributed by atoms with E-state index in [0.717, 1.165) is 16.7 Å². The number of carboxylic acids is 1. The van der Waals surface area contributed by atoms with Crippen molar-refractivity contribution in [2.75, 3.05) is 7.11 Å². The van der Waals surface area contributed by atoms with E-state index in [4.69, 9.17) is 4.74 Å². The number of rotatable bonds is 8. The third-order valence-corrected chi connectivity index (χ3v) is 6.17. The topological polar surface area (TPSA) is 122 Å². The summed E-state index contributed by atoms with van der Waals surface area (Å²) in [5.74, 6) is -0.492. The van der Waals surface area contributed by atoms with Crippen LogP contribution in [0.1, 0.15) is 22.9 Å². The molecule has 0 aliphatic heterocycles. The Labute approximate surface area is 206 Å². The molecule has 9 nitrogen and oxygen atoms in total. The number of aromatic amines is 1. The first kappa shape index (κ1) is 23.0. The molecule has 0 bridgehead atoms. The van der Waals surface area contributed by atoms with Gasteiger partial charge in [0.1, 0.15) is 5.75 Å². The molecule has 36 heavy (non-hydrogen) atoms. The van der Waals surface area contributed by atoms with Crippen molar-refractivity contribution >= 4 is 17.1 Å². The molecule has 2 heterocycles. The fourth-order valence-electron chi connectivity index (χ4n) is 4.47. The van der Waals surface area contributed by atoms with Gasteiger partial charge in [-0.2, -0.15) is 0 Å². The number of carbonyl (C=O) groups is 1. The van der Waals surface area contributed by atoms with Crippen LogP contribution in [0.2, 0.25) is 0 Å². The summed E-state index contributed by atoms with van der Waals surface area (Å²) in [5.41, 5.74) is 1.10. The number of fused-ring (bicyclic) bond motifs is 1. The minimum atomic E-state index is -1.33. The van der Waals surface area contributed by atoms with Crippen molar-refractivity contribution in [3.05, 3.63) is 125 Å². The Bertz CT molecular complexity index is 1510. The van der Waals surface area contributed by atoms with Crippen LogP contribution < -0.4 is 15.6 Å². The zero-order chi connectivity index (χ0) is 25.1. The molecule has 0 aliphatic carbocycles. The molecular weight excluding hydrogens is 458 g/mol. The number of nitrogens with zero attached hydrogens (tertiary/aromatic N) is 3. The first-order valence-electron chi connectivity index (χ1n) is 11.2. The molecule has 1 atom stereocenters. The molecule has 0 radical (unpaired) electrons. The van der Waals surface area contributed by atoms with E-state index in [-0.39, 0.29) is 11.2 Å². The van der Waals surface area contributed by atoms with Gasteiger partial charge in [0.25, 0.3) is 5.56 Å². The second kappa shape index (κ2) is 9.47. The standard InChI is InChI=1S/C27H23N5O4/c1-36-21-14-12-20(13-15-21)27(18-8-4-2-5-9-18,19-10-6-3-7-11-19)31-24(26(34)35)32-17-30-22-23(32)28-16-29-25(22)33/h2-17,24,31H,1H3,(H,34,35)(H,28,29,33). The predicted octanol–water partition coefficient (Wildman–Crippen LogP) is 3.29. The minimum Gasteiger partial charge on any atom is -0.497 e. The number of aliphatic carboxylic acids is 1. The molecule has 0 fully saturated rings. The summed E-state index contributed by atoms with van der Waals surface area (Å²) in [6, 6.07) is 26.7. The van der Waals surface area contributed by atoms with Crippen LogP contribution in [0.5, 0.6) is 5.75 Å². The summed E-state index contributed by atoms with van der Waals surface area (Å²) in [5, 5.41) is 13.8. The lowest BCUT2D eigenvalue weighted by molar-refractivity contribution is -0.142. The average Bonchev–Trinajstić information content (AvgIpc) is 3.36. The number of H-pyrrole nitrogens is 1. The molecule has 0 amide bonds. The number of hydrogen-bond donors (Lipinski definition) is 3. The quantitative estimate of drug-likeness (QED) is 0.291. The SMILES string of the molecule is COc1ccc(C(NC(C(=O)O)n2cnc3c(=O)[nH]cnc32)(c2ccccc2)c2ccccc2)cc1. The first-order chi connectivity index (χ1) is 17.5. The highest BCUT2D eigenvalue weighted by Crippen LogP contribution is 2.39. The second-order valence-electron chi connectivity index (χ2n) is 8.15. The molecule has 5 rings (SSSR count). The minimum absolute atomic E-state index is 0.0556.